The molecule has 1 N–H and O–H groups in total. The predicted octanol–water partition coefficient (Wildman–Crippen LogP) is 3.68. The first-order valence-corrected chi connectivity index (χ1v) is 10.4. The van der Waals surface area contributed by atoms with Gasteiger partial charge in [-0.05, 0) is 31.0 Å². The highest BCUT2D eigenvalue weighted by atomic mass is 35.5. The van der Waals surface area contributed by atoms with Gasteiger partial charge in [-0.3, -0.25) is 9.59 Å². The number of halogens is 1. The Morgan fingerprint density at radius 2 is 1.71 bits per heavy atom. The average molecular weight is 449 g/mol. The van der Waals surface area contributed by atoms with E-state index in [1.807, 2.05) is 13.0 Å². The Morgan fingerprint density at radius 1 is 1.06 bits per heavy atom. The van der Waals surface area contributed by atoms with E-state index >= 15 is 0 Å². The first kappa shape index (κ1) is 24.3. The second-order valence-electron chi connectivity index (χ2n) is 6.96. The van der Waals surface area contributed by atoms with Crippen molar-refractivity contribution >= 4 is 23.4 Å². The number of rotatable bonds is 11. The minimum absolute atomic E-state index is 0.222. The van der Waals surface area contributed by atoms with Crippen LogP contribution in [-0.2, 0) is 16.1 Å². The summed E-state index contributed by atoms with van der Waals surface area (Å²) in [5.41, 5.74) is 0.819. The first-order valence-electron chi connectivity index (χ1n) is 10.1. The molecule has 0 spiro atoms. The van der Waals surface area contributed by atoms with E-state index in [9.17, 15) is 9.59 Å². The van der Waals surface area contributed by atoms with Crippen LogP contribution in [0.2, 0.25) is 5.02 Å². The van der Waals surface area contributed by atoms with Crippen molar-refractivity contribution in [1.82, 2.24) is 10.2 Å². The molecule has 0 aromatic heterocycles. The van der Waals surface area contributed by atoms with Gasteiger partial charge in [-0.25, -0.2) is 0 Å². The highest BCUT2D eigenvalue weighted by Crippen LogP contribution is 2.27. The standard InChI is InChI=1S/C23H29ClN2O5/c1-5-9-25-23(28)16(2)26(14-17-7-6-8-18(24)10-17)22(27)15-31-21-12-19(29-3)11-20(13-21)30-4/h6-8,10-13,16H,5,9,14-15H2,1-4H3,(H,25,28)/t16-/m1/s1. The molecule has 7 nitrogen and oxygen atoms in total. The number of hydrogen-bond acceptors (Lipinski definition) is 5. The van der Waals surface area contributed by atoms with Crippen molar-refractivity contribution in [3.05, 3.63) is 53.1 Å². The molecule has 0 saturated carbocycles. The fraction of sp³-hybridized carbons (Fsp3) is 0.391. The molecule has 31 heavy (non-hydrogen) atoms. The Hall–Kier alpha value is -2.93. The molecule has 0 bridgehead atoms. The maximum Gasteiger partial charge on any atom is 0.261 e. The third-order valence-electron chi connectivity index (χ3n) is 4.65. The van der Waals surface area contributed by atoms with Gasteiger partial charge in [0.1, 0.15) is 23.3 Å². The summed E-state index contributed by atoms with van der Waals surface area (Å²) in [6.45, 7) is 4.19. The van der Waals surface area contributed by atoms with Crippen molar-refractivity contribution in [1.29, 1.82) is 0 Å². The molecule has 0 radical (unpaired) electrons. The maximum atomic E-state index is 13.1. The van der Waals surface area contributed by atoms with E-state index in [0.29, 0.717) is 28.8 Å². The second kappa shape index (κ2) is 12.1. The Bertz CT molecular complexity index is 868. The van der Waals surface area contributed by atoms with Gasteiger partial charge in [-0.2, -0.15) is 0 Å². The zero-order valence-electron chi connectivity index (χ0n) is 18.3. The van der Waals surface area contributed by atoms with Crippen LogP contribution in [0.4, 0.5) is 0 Å². The summed E-state index contributed by atoms with van der Waals surface area (Å²) in [6, 6.07) is 11.5. The Kier molecular flexibility index (Phi) is 9.46. The van der Waals surface area contributed by atoms with E-state index in [0.717, 1.165) is 12.0 Å². The molecular formula is C23H29ClN2O5. The SMILES string of the molecule is CCCNC(=O)[C@@H](C)N(Cc1cccc(Cl)c1)C(=O)COc1cc(OC)cc(OC)c1. The Balaban J connectivity index is 2.17. The lowest BCUT2D eigenvalue weighted by atomic mass is 10.1. The summed E-state index contributed by atoms with van der Waals surface area (Å²) in [4.78, 5) is 27.1. The van der Waals surface area contributed by atoms with Crippen molar-refractivity contribution in [2.24, 2.45) is 0 Å². The van der Waals surface area contributed by atoms with Crippen LogP contribution >= 0.6 is 11.6 Å². The molecule has 2 amide bonds. The normalized spacial score (nSPS) is 11.4. The minimum atomic E-state index is -0.679. The van der Waals surface area contributed by atoms with Crippen molar-refractivity contribution < 1.29 is 23.8 Å². The van der Waals surface area contributed by atoms with Crippen LogP contribution in [0, 0.1) is 0 Å². The van der Waals surface area contributed by atoms with Crippen molar-refractivity contribution in [2.45, 2.75) is 32.9 Å². The van der Waals surface area contributed by atoms with E-state index in [4.69, 9.17) is 25.8 Å². The predicted molar refractivity (Wildman–Crippen MR) is 120 cm³/mol. The summed E-state index contributed by atoms with van der Waals surface area (Å²) in [5.74, 6) is 0.964. The van der Waals surface area contributed by atoms with Gasteiger partial charge in [-0.1, -0.05) is 30.7 Å². The minimum Gasteiger partial charge on any atom is -0.496 e. The first-order chi connectivity index (χ1) is 14.9. The summed E-state index contributed by atoms with van der Waals surface area (Å²) >= 11 is 6.09. The average Bonchev–Trinajstić information content (AvgIpc) is 2.78. The maximum absolute atomic E-state index is 13.1. The monoisotopic (exact) mass is 448 g/mol. The molecule has 0 aliphatic carbocycles. The molecule has 2 rings (SSSR count). The van der Waals surface area contributed by atoms with Gasteiger partial charge >= 0.3 is 0 Å². The molecular weight excluding hydrogens is 420 g/mol. The van der Waals surface area contributed by atoms with E-state index < -0.39 is 6.04 Å². The highest BCUT2D eigenvalue weighted by molar-refractivity contribution is 6.30. The number of amides is 2. The van der Waals surface area contributed by atoms with Gasteiger partial charge in [0.2, 0.25) is 5.91 Å². The van der Waals surface area contributed by atoms with E-state index in [1.54, 1.807) is 43.3 Å². The summed E-state index contributed by atoms with van der Waals surface area (Å²) in [5, 5.41) is 3.40. The van der Waals surface area contributed by atoms with Crippen molar-refractivity contribution in [2.75, 3.05) is 27.4 Å². The van der Waals surface area contributed by atoms with Gasteiger partial charge < -0.3 is 24.4 Å². The van der Waals surface area contributed by atoms with Crippen LogP contribution in [0.5, 0.6) is 17.2 Å². The van der Waals surface area contributed by atoms with Gasteiger partial charge in [0.05, 0.1) is 14.2 Å². The molecule has 2 aromatic rings. The zero-order chi connectivity index (χ0) is 22.8. The smallest absolute Gasteiger partial charge is 0.261 e. The van der Waals surface area contributed by atoms with Crippen molar-refractivity contribution in [3.63, 3.8) is 0 Å². The molecule has 0 aliphatic heterocycles. The summed E-state index contributed by atoms with van der Waals surface area (Å²) in [6.07, 6.45) is 0.807. The number of benzene rings is 2. The van der Waals surface area contributed by atoms with E-state index in [-0.39, 0.29) is 25.0 Å². The number of nitrogens with one attached hydrogen (secondary N) is 1. The van der Waals surface area contributed by atoms with Crippen LogP contribution in [0.15, 0.2) is 42.5 Å². The number of carbonyl (C=O) groups is 2. The molecule has 8 heteroatoms. The zero-order valence-corrected chi connectivity index (χ0v) is 19.1. The number of hydrogen-bond donors (Lipinski definition) is 1. The van der Waals surface area contributed by atoms with E-state index in [2.05, 4.69) is 5.32 Å². The molecule has 0 heterocycles. The molecule has 0 aliphatic rings. The van der Waals surface area contributed by atoms with Crippen LogP contribution < -0.4 is 19.5 Å². The highest BCUT2D eigenvalue weighted by Gasteiger charge is 2.26. The van der Waals surface area contributed by atoms with E-state index in [1.165, 1.54) is 19.1 Å². The lowest BCUT2D eigenvalue weighted by molar-refractivity contribution is -0.142. The number of carbonyl (C=O) groups excluding carboxylic acids is 2. The van der Waals surface area contributed by atoms with Crippen LogP contribution in [0.25, 0.3) is 0 Å². The van der Waals surface area contributed by atoms with Gasteiger partial charge in [0, 0.05) is 36.3 Å². The van der Waals surface area contributed by atoms with Crippen molar-refractivity contribution in [3.8, 4) is 17.2 Å². The van der Waals surface area contributed by atoms with Crippen LogP contribution in [0.1, 0.15) is 25.8 Å². The third-order valence-corrected chi connectivity index (χ3v) is 4.88. The topological polar surface area (TPSA) is 77.1 Å². The third kappa shape index (κ3) is 7.36. The quantitative estimate of drug-likeness (QED) is 0.567. The van der Waals surface area contributed by atoms with Crippen LogP contribution in [0.3, 0.4) is 0 Å². The number of methoxy groups -OCH3 is 2. The largest absolute Gasteiger partial charge is 0.496 e. The van der Waals surface area contributed by atoms with Gasteiger partial charge in [0.15, 0.2) is 6.61 Å². The molecule has 0 unspecified atom stereocenters. The molecule has 168 valence electrons. The number of ether oxygens (including phenoxy) is 3. The second-order valence-corrected chi connectivity index (χ2v) is 7.39. The Morgan fingerprint density at radius 3 is 2.29 bits per heavy atom. The molecule has 1 atom stereocenters. The molecule has 0 fully saturated rings. The summed E-state index contributed by atoms with van der Waals surface area (Å²) < 4.78 is 16.2. The Labute approximate surface area is 188 Å². The summed E-state index contributed by atoms with van der Waals surface area (Å²) in [7, 11) is 3.07. The fourth-order valence-corrected chi connectivity index (χ4v) is 3.12. The molecule has 2 aromatic carbocycles. The lowest BCUT2D eigenvalue weighted by Crippen LogP contribution is -2.49. The molecule has 0 saturated heterocycles. The number of nitrogens with zero attached hydrogens (tertiary/aromatic N) is 1. The lowest BCUT2D eigenvalue weighted by Gasteiger charge is -2.28. The van der Waals surface area contributed by atoms with Crippen LogP contribution in [-0.4, -0.2) is 50.1 Å². The fourth-order valence-electron chi connectivity index (χ4n) is 2.90. The van der Waals surface area contributed by atoms with Gasteiger partial charge in [0.25, 0.3) is 5.91 Å². The van der Waals surface area contributed by atoms with Gasteiger partial charge in [-0.15, -0.1) is 0 Å².